The summed E-state index contributed by atoms with van der Waals surface area (Å²) < 4.78 is 5.62. The molecule has 0 fully saturated rings. The number of nitrogens with zero attached hydrogens (tertiary/aromatic N) is 2. The van der Waals surface area contributed by atoms with Crippen LogP contribution in [0.4, 0.5) is 0 Å². The normalized spacial score (nSPS) is 12.6. The fraction of sp³-hybridized carbons (Fsp3) is 0.385. The summed E-state index contributed by atoms with van der Waals surface area (Å²) in [6.07, 6.45) is 0. The van der Waals surface area contributed by atoms with E-state index in [2.05, 4.69) is 10.2 Å². The van der Waals surface area contributed by atoms with Gasteiger partial charge in [0.25, 0.3) is 0 Å². The summed E-state index contributed by atoms with van der Waals surface area (Å²) in [6, 6.07) is 8.22. The van der Waals surface area contributed by atoms with Gasteiger partial charge in [-0.1, -0.05) is 17.7 Å². The zero-order valence-corrected chi connectivity index (χ0v) is 11.4. The third-order valence-corrected chi connectivity index (χ3v) is 3.55. The van der Waals surface area contributed by atoms with E-state index in [9.17, 15) is 0 Å². The van der Waals surface area contributed by atoms with Gasteiger partial charge in [-0.25, -0.2) is 0 Å². The number of aryl methyl sites for hydroxylation is 1. The highest BCUT2D eigenvalue weighted by Gasteiger charge is 2.08. The highest BCUT2D eigenvalue weighted by atomic mass is 32.2. The molecule has 0 aliphatic rings. The molecule has 2 aromatic rings. The molecule has 2 N–H and O–H groups in total. The van der Waals surface area contributed by atoms with E-state index in [1.54, 1.807) is 11.8 Å². The molecule has 5 heteroatoms. The van der Waals surface area contributed by atoms with Crippen molar-refractivity contribution >= 4 is 11.8 Å². The third kappa shape index (κ3) is 3.58. The molecule has 0 bridgehead atoms. The second kappa shape index (κ2) is 6.02. The van der Waals surface area contributed by atoms with Gasteiger partial charge in [-0.2, -0.15) is 11.8 Å². The van der Waals surface area contributed by atoms with Crippen molar-refractivity contribution in [2.24, 2.45) is 5.73 Å². The molecule has 0 aliphatic heterocycles. The van der Waals surface area contributed by atoms with Crippen LogP contribution in [0.2, 0.25) is 0 Å². The molecule has 0 amide bonds. The SMILES string of the molecule is Cc1cccc(-c2nnc(CSCC(C)N)o2)c1. The van der Waals surface area contributed by atoms with E-state index in [0.29, 0.717) is 17.5 Å². The molecule has 18 heavy (non-hydrogen) atoms. The van der Waals surface area contributed by atoms with Crippen LogP contribution in [0.15, 0.2) is 28.7 Å². The molecule has 0 spiro atoms. The molecule has 0 saturated carbocycles. The summed E-state index contributed by atoms with van der Waals surface area (Å²) in [7, 11) is 0. The van der Waals surface area contributed by atoms with Crippen molar-refractivity contribution in [1.29, 1.82) is 0 Å². The van der Waals surface area contributed by atoms with Crippen LogP contribution in [-0.2, 0) is 5.75 Å². The maximum Gasteiger partial charge on any atom is 0.247 e. The van der Waals surface area contributed by atoms with Gasteiger partial charge >= 0.3 is 0 Å². The minimum Gasteiger partial charge on any atom is -0.420 e. The molecule has 0 saturated heterocycles. The van der Waals surface area contributed by atoms with Crippen molar-refractivity contribution in [3.63, 3.8) is 0 Å². The molecule has 0 radical (unpaired) electrons. The largest absolute Gasteiger partial charge is 0.420 e. The van der Waals surface area contributed by atoms with Gasteiger partial charge in [-0.05, 0) is 26.0 Å². The Bertz CT molecular complexity index is 510. The molecular formula is C13H17N3OS. The van der Waals surface area contributed by atoms with Crippen LogP contribution in [0, 0.1) is 6.92 Å². The predicted octanol–water partition coefficient (Wildman–Crippen LogP) is 2.63. The molecule has 96 valence electrons. The lowest BCUT2D eigenvalue weighted by Crippen LogP contribution is -2.17. The van der Waals surface area contributed by atoms with Crippen molar-refractivity contribution in [3.05, 3.63) is 35.7 Å². The summed E-state index contributed by atoms with van der Waals surface area (Å²) in [6.45, 7) is 4.03. The minimum absolute atomic E-state index is 0.189. The van der Waals surface area contributed by atoms with E-state index in [0.717, 1.165) is 11.3 Å². The number of nitrogens with two attached hydrogens (primary N) is 1. The molecule has 2 rings (SSSR count). The van der Waals surface area contributed by atoms with Crippen molar-refractivity contribution in [2.75, 3.05) is 5.75 Å². The van der Waals surface area contributed by atoms with Crippen LogP contribution in [0.5, 0.6) is 0 Å². The Morgan fingerprint density at radius 1 is 1.39 bits per heavy atom. The van der Waals surface area contributed by atoms with Crippen molar-refractivity contribution in [3.8, 4) is 11.5 Å². The predicted molar refractivity (Wildman–Crippen MR) is 74.3 cm³/mol. The van der Waals surface area contributed by atoms with Crippen LogP contribution >= 0.6 is 11.8 Å². The summed E-state index contributed by atoms with van der Waals surface area (Å²) in [4.78, 5) is 0. The first kappa shape index (κ1) is 13.1. The number of hydrogen-bond donors (Lipinski definition) is 1. The van der Waals surface area contributed by atoms with Gasteiger partial charge < -0.3 is 10.2 Å². The second-order valence-corrected chi connectivity index (χ2v) is 5.39. The molecule has 0 aliphatic carbocycles. The highest BCUT2D eigenvalue weighted by Crippen LogP contribution is 2.20. The highest BCUT2D eigenvalue weighted by molar-refractivity contribution is 7.98. The molecule has 1 unspecified atom stereocenters. The van der Waals surface area contributed by atoms with E-state index in [1.165, 1.54) is 5.56 Å². The Morgan fingerprint density at radius 2 is 2.22 bits per heavy atom. The minimum atomic E-state index is 0.189. The molecule has 1 atom stereocenters. The third-order valence-electron chi connectivity index (χ3n) is 2.34. The lowest BCUT2D eigenvalue weighted by atomic mass is 10.1. The molecule has 1 aromatic carbocycles. The summed E-state index contributed by atoms with van der Waals surface area (Å²) in [5.74, 6) is 2.83. The van der Waals surface area contributed by atoms with Crippen LogP contribution in [0.1, 0.15) is 18.4 Å². The first-order valence-electron chi connectivity index (χ1n) is 5.88. The molecular weight excluding hydrogens is 246 g/mol. The van der Waals surface area contributed by atoms with Gasteiger partial charge in [0.1, 0.15) is 0 Å². The average Bonchev–Trinajstić information content (AvgIpc) is 2.77. The fourth-order valence-electron chi connectivity index (χ4n) is 1.54. The van der Waals surface area contributed by atoms with Gasteiger partial charge in [-0.15, -0.1) is 10.2 Å². The number of thioether (sulfide) groups is 1. The molecule has 4 nitrogen and oxygen atoms in total. The fourth-order valence-corrected chi connectivity index (χ4v) is 2.32. The Hall–Kier alpha value is -1.33. The Labute approximate surface area is 111 Å². The van der Waals surface area contributed by atoms with Crippen molar-refractivity contribution in [2.45, 2.75) is 25.6 Å². The summed E-state index contributed by atoms with van der Waals surface area (Å²) >= 11 is 1.70. The summed E-state index contributed by atoms with van der Waals surface area (Å²) in [5.41, 5.74) is 7.83. The van der Waals surface area contributed by atoms with Gasteiger partial charge in [-0.3, -0.25) is 0 Å². The first-order valence-corrected chi connectivity index (χ1v) is 7.03. The van der Waals surface area contributed by atoms with Crippen molar-refractivity contribution < 1.29 is 4.42 Å². The number of aromatic nitrogens is 2. The van der Waals surface area contributed by atoms with E-state index in [1.807, 2.05) is 38.1 Å². The Morgan fingerprint density at radius 3 is 2.94 bits per heavy atom. The average molecular weight is 263 g/mol. The Kier molecular flexibility index (Phi) is 4.38. The van der Waals surface area contributed by atoms with Gasteiger partial charge in [0.15, 0.2) is 0 Å². The van der Waals surface area contributed by atoms with E-state index >= 15 is 0 Å². The first-order chi connectivity index (χ1) is 8.65. The lowest BCUT2D eigenvalue weighted by Gasteiger charge is -2.01. The smallest absolute Gasteiger partial charge is 0.247 e. The van der Waals surface area contributed by atoms with Crippen LogP contribution in [0.25, 0.3) is 11.5 Å². The standard InChI is InChI=1S/C13H17N3OS/c1-9-4-3-5-11(6-9)13-16-15-12(17-13)8-18-7-10(2)14/h3-6,10H,7-8,14H2,1-2H3. The van der Waals surface area contributed by atoms with Crippen LogP contribution in [-0.4, -0.2) is 22.0 Å². The zero-order valence-electron chi connectivity index (χ0n) is 10.6. The number of rotatable bonds is 5. The van der Waals surface area contributed by atoms with Crippen molar-refractivity contribution in [1.82, 2.24) is 10.2 Å². The van der Waals surface area contributed by atoms with E-state index in [-0.39, 0.29) is 6.04 Å². The van der Waals surface area contributed by atoms with Gasteiger partial charge in [0.05, 0.1) is 5.75 Å². The number of hydrogen-bond acceptors (Lipinski definition) is 5. The summed E-state index contributed by atoms with van der Waals surface area (Å²) in [5, 5.41) is 8.10. The lowest BCUT2D eigenvalue weighted by molar-refractivity contribution is 0.528. The topological polar surface area (TPSA) is 64.9 Å². The van der Waals surface area contributed by atoms with Gasteiger partial charge in [0.2, 0.25) is 11.8 Å². The van der Waals surface area contributed by atoms with Crippen LogP contribution in [0.3, 0.4) is 0 Å². The van der Waals surface area contributed by atoms with E-state index in [4.69, 9.17) is 10.2 Å². The monoisotopic (exact) mass is 263 g/mol. The van der Waals surface area contributed by atoms with Gasteiger partial charge in [0, 0.05) is 17.4 Å². The number of benzene rings is 1. The van der Waals surface area contributed by atoms with E-state index < -0.39 is 0 Å². The van der Waals surface area contributed by atoms with Crippen LogP contribution < -0.4 is 5.73 Å². The Balaban J connectivity index is 2.02. The molecule has 1 heterocycles. The zero-order chi connectivity index (χ0) is 13.0. The maximum atomic E-state index is 5.68. The molecule has 1 aromatic heterocycles. The maximum absolute atomic E-state index is 5.68. The second-order valence-electron chi connectivity index (χ2n) is 4.36. The quantitative estimate of drug-likeness (QED) is 0.898.